The number of hydrogen-bond acceptors (Lipinski definition) is 5. The second-order valence-corrected chi connectivity index (χ2v) is 4.96. The number of imide groups is 1. The van der Waals surface area contributed by atoms with E-state index in [2.05, 4.69) is 15.6 Å². The molecule has 0 atom stereocenters. The van der Waals surface area contributed by atoms with E-state index in [4.69, 9.17) is 0 Å². The Bertz CT molecular complexity index is 768. The van der Waals surface area contributed by atoms with Gasteiger partial charge in [-0.3, -0.25) is 10.1 Å². The summed E-state index contributed by atoms with van der Waals surface area (Å²) in [4.78, 5) is 36.8. The summed E-state index contributed by atoms with van der Waals surface area (Å²) in [5, 5.41) is 15.2. The lowest BCUT2D eigenvalue weighted by Gasteiger charge is -2.08. The number of rotatable bonds is 4. The molecule has 0 radical (unpaired) electrons. The smallest absolute Gasteiger partial charge is 0.358 e. The molecule has 3 amide bonds. The van der Waals surface area contributed by atoms with Crippen LogP contribution in [0.4, 0.5) is 16.3 Å². The Morgan fingerprint density at radius 2 is 2.04 bits per heavy atom. The lowest BCUT2D eigenvalue weighted by molar-refractivity contribution is -0.389. The van der Waals surface area contributed by atoms with Crippen molar-refractivity contribution in [3.05, 3.63) is 52.0 Å². The number of amides is 3. The second kappa shape index (κ2) is 6.69. The molecule has 2 N–H and O–H groups in total. The number of urea groups is 1. The molecule has 0 aliphatic heterocycles. The number of hydrogen-bond donors (Lipinski definition) is 2. The standard InChI is InChI=1S/C14H15N5O4/c1-9-3-4-11(5-10(9)2)16-14(21)17-13(20)7-18-6-12(15-8-18)19(22)23/h3-6,8H,7H2,1-2H3,(H2,16,17,20,21). The lowest BCUT2D eigenvalue weighted by atomic mass is 10.1. The number of nitrogens with one attached hydrogen (secondary N) is 2. The quantitative estimate of drug-likeness (QED) is 0.657. The molecule has 2 aromatic rings. The zero-order chi connectivity index (χ0) is 17.0. The zero-order valence-electron chi connectivity index (χ0n) is 12.6. The minimum atomic E-state index is -0.673. The largest absolute Gasteiger partial charge is 0.381 e. The Morgan fingerprint density at radius 1 is 1.30 bits per heavy atom. The fourth-order valence-electron chi connectivity index (χ4n) is 1.84. The molecule has 0 aliphatic carbocycles. The molecule has 1 aromatic carbocycles. The maximum absolute atomic E-state index is 11.7. The second-order valence-electron chi connectivity index (χ2n) is 4.96. The van der Waals surface area contributed by atoms with E-state index in [1.807, 2.05) is 19.9 Å². The predicted octanol–water partition coefficient (Wildman–Crippen LogP) is 1.76. The highest BCUT2D eigenvalue weighted by Crippen LogP contribution is 2.13. The molecular weight excluding hydrogens is 302 g/mol. The number of carbonyl (C=O) groups is 2. The van der Waals surface area contributed by atoms with Gasteiger partial charge in [-0.1, -0.05) is 6.07 Å². The molecule has 1 heterocycles. The first-order valence-electron chi connectivity index (χ1n) is 6.69. The number of carbonyl (C=O) groups excluding carboxylic acids is 2. The molecule has 2 rings (SSSR count). The molecule has 23 heavy (non-hydrogen) atoms. The van der Waals surface area contributed by atoms with Crippen molar-refractivity contribution in [3.63, 3.8) is 0 Å². The van der Waals surface area contributed by atoms with Crippen LogP contribution >= 0.6 is 0 Å². The number of nitrogens with zero attached hydrogens (tertiary/aromatic N) is 3. The Balaban J connectivity index is 1.90. The number of anilines is 1. The average Bonchev–Trinajstić information content (AvgIpc) is 2.91. The molecule has 0 saturated heterocycles. The number of nitro groups is 1. The first-order chi connectivity index (χ1) is 10.8. The van der Waals surface area contributed by atoms with E-state index in [9.17, 15) is 19.7 Å². The van der Waals surface area contributed by atoms with Gasteiger partial charge in [0.05, 0.1) is 0 Å². The fourth-order valence-corrected chi connectivity index (χ4v) is 1.84. The van der Waals surface area contributed by atoms with Crippen molar-refractivity contribution in [2.45, 2.75) is 20.4 Å². The summed E-state index contributed by atoms with van der Waals surface area (Å²) in [6.07, 6.45) is 2.26. The van der Waals surface area contributed by atoms with Crippen LogP contribution in [0.1, 0.15) is 11.1 Å². The Hall–Kier alpha value is -3.23. The van der Waals surface area contributed by atoms with E-state index in [0.717, 1.165) is 23.7 Å². The van der Waals surface area contributed by atoms with E-state index in [1.165, 1.54) is 4.57 Å². The van der Waals surface area contributed by atoms with Gasteiger partial charge in [0.1, 0.15) is 12.7 Å². The summed E-state index contributed by atoms with van der Waals surface area (Å²) in [6, 6.07) is 4.70. The van der Waals surface area contributed by atoms with Gasteiger partial charge in [0, 0.05) is 5.69 Å². The van der Waals surface area contributed by atoms with Gasteiger partial charge in [0.2, 0.25) is 12.2 Å². The molecule has 9 heteroatoms. The summed E-state index contributed by atoms with van der Waals surface area (Å²) >= 11 is 0. The van der Waals surface area contributed by atoms with Gasteiger partial charge in [0.25, 0.3) is 0 Å². The predicted molar refractivity (Wildman–Crippen MR) is 82.0 cm³/mol. The van der Waals surface area contributed by atoms with Crippen molar-refractivity contribution < 1.29 is 14.5 Å². The lowest BCUT2D eigenvalue weighted by Crippen LogP contribution is -2.36. The van der Waals surface area contributed by atoms with Gasteiger partial charge in [0.15, 0.2) is 0 Å². The molecular formula is C14H15N5O4. The maximum Gasteiger partial charge on any atom is 0.381 e. The van der Waals surface area contributed by atoms with Crippen LogP contribution in [0.3, 0.4) is 0 Å². The van der Waals surface area contributed by atoms with Gasteiger partial charge in [-0.05, 0) is 47.0 Å². The van der Waals surface area contributed by atoms with E-state index in [0.29, 0.717) is 5.69 Å². The highest BCUT2D eigenvalue weighted by molar-refractivity contribution is 6.01. The first-order valence-corrected chi connectivity index (χ1v) is 6.69. The van der Waals surface area contributed by atoms with Crippen molar-refractivity contribution in [1.82, 2.24) is 14.9 Å². The van der Waals surface area contributed by atoms with Gasteiger partial charge in [-0.2, -0.15) is 0 Å². The summed E-state index contributed by atoms with van der Waals surface area (Å²) in [6.45, 7) is 3.61. The molecule has 0 fully saturated rings. The van der Waals surface area contributed by atoms with Crippen LogP contribution < -0.4 is 10.6 Å². The summed E-state index contributed by atoms with van der Waals surface area (Å²) < 4.78 is 1.22. The van der Waals surface area contributed by atoms with E-state index < -0.39 is 16.9 Å². The van der Waals surface area contributed by atoms with Crippen molar-refractivity contribution >= 4 is 23.4 Å². The van der Waals surface area contributed by atoms with Crippen LogP contribution in [0.5, 0.6) is 0 Å². The highest BCUT2D eigenvalue weighted by Gasteiger charge is 2.13. The van der Waals surface area contributed by atoms with Crippen molar-refractivity contribution in [1.29, 1.82) is 0 Å². The van der Waals surface area contributed by atoms with Gasteiger partial charge in [-0.25, -0.2) is 4.79 Å². The van der Waals surface area contributed by atoms with Crippen molar-refractivity contribution in [2.24, 2.45) is 0 Å². The first kappa shape index (κ1) is 16.1. The molecule has 0 aliphatic rings. The van der Waals surface area contributed by atoms with Crippen molar-refractivity contribution in [2.75, 3.05) is 5.32 Å². The van der Waals surface area contributed by atoms with Crippen LogP contribution in [0.15, 0.2) is 30.7 Å². The number of benzene rings is 1. The van der Waals surface area contributed by atoms with Gasteiger partial charge < -0.3 is 20.0 Å². The molecule has 0 saturated carbocycles. The molecule has 120 valence electrons. The van der Waals surface area contributed by atoms with Crippen molar-refractivity contribution in [3.8, 4) is 0 Å². The molecule has 0 bridgehead atoms. The maximum atomic E-state index is 11.7. The third-order valence-corrected chi connectivity index (χ3v) is 3.15. The number of aryl methyl sites for hydroxylation is 2. The highest BCUT2D eigenvalue weighted by atomic mass is 16.6. The van der Waals surface area contributed by atoms with E-state index in [1.54, 1.807) is 12.1 Å². The van der Waals surface area contributed by atoms with Crippen LogP contribution in [-0.4, -0.2) is 26.4 Å². The summed E-state index contributed by atoms with van der Waals surface area (Å²) in [5.41, 5.74) is 2.67. The minimum Gasteiger partial charge on any atom is -0.358 e. The fraction of sp³-hybridized carbons (Fsp3) is 0.214. The van der Waals surface area contributed by atoms with Crippen LogP contribution in [0.2, 0.25) is 0 Å². The van der Waals surface area contributed by atoms with E-state index in [-0.39, 0.29) is 12.4 Å². The Labute approximate surface area is 131 Å². The average molecular weight is 317 g/mol. The molecule has 1 aromatic heterocycles. The topological polar surface area (TPSA) is 119 Å². The number of imidazole rings is 1. The monoisotopic (exact) mass is 317 g/mol. The normalized spacial score (nSPS) is 10.2. The van der Waals surface area contributed by atoms with Gasteiger partial charge >= 0.3 is 11.8 Å². The molecule has 0 unspecified atom stereocenters. The SMILES string of the molecule is Cc1ccc(NC(=O)NC(=O)Cn2cnc([N+](=O)[O-])c2)cc1C. The Morgan fingerprint density at radius 3 is 2.65 bits per heavy atom. The third kappa shape index (κ3) is 4.37. The molecule has 9 nitrogen and oxygen atoms in total. The van der Waals surface area contributed by atoms with E-state index >= 15 is 0 Å². The van der Waals surface area contributed by atoms with Gasteiger partial charge in [-0.15, -0.1) is 0 Å². The Kier molecular flexibility index (Phi) is 4.69. The summed E-state index contributed by atoms with van der Waals surface area (Å²) in [5.74, 6) is -0.976. The third-order valence-electron chi connectivity index (χ3n) is 3.15. The van der Waals surface area contributed by atoms with Crippen LogP contribution in [0, 0.1) is 24.0 Å². The van der Waals surface area contributed by atoms with Crippen LogP contribution in [0.25, 0.3) is 0 Å². The number of aromatic nitrogens is 2. The summed E-state index contributed by atoms with van der Waals surface area (Å²) in [7, 11) is 0. The zero-order valence-corrected chi connectivity index (χ0v) is 12.6. The van der Waals surface area contributed by atoms with Crippen LogP contribution in [-0.2, 0) is 11.3 Å². The minimum absolute atomic E-state index is 0.249. The molecule has 0 spiro atoms.